The van der Waals surface area contributed by atoms with E-state index in [4.69, 9.17) is 6.85 Å². The van der Waals surface area contributed by atoms with Crippen molar-refractivity contribution in [3.63, 3.8) is 0 Å². The van der Waals surface area contributed by atoms with Gasteiger partial charge < -0.3 is 4.57 Å². The van der Waals surface area contributed by atoms with Crippen LogP contribution < -0.4 is 0 Å². The largest absolute Gasteiger partial charge is 0.309 e. The zero-order valence-corrected chi connectivity index (χ0v) is 28.4. The first-order chi connectivity index (χ1) is 29.5. The van der Waals surface area contributed by atoms with Crippen LogP contribution in [0.15, 0.2) is 198 Å². The summed E-state index contributed by atoms with van der Waals surface area (Å²) in [6.07, 6.45) is 0. The van der Waals surface area contributed by atoms with E-state index < -0.39 is 18.1 Å². The minimum Gasteiger partial charge on any atom is -0.309 e. The van der Waals surface area contributed by atoms with Gasteiger partial charge in [0.1, 0.15) is 0 Å². The van der Waals surface area contributed by atoms with Crippen LogP contribution in [-0.4, -0.2) is 4.57 Å². The van der Waals surface area contributed by atoms with Crippen LogP contribution in [0.3, 0.4) is 0 Å². The fourth-order valence-corrected chi connectivity index (χ4v) is 8.97. The first-order valence-electron chi connectivity index (χ1n) is 21.6. The second-order valence-electron chi connectivity index (χ2n) is 13.0. The van der Waals surface area contributed by atoms with E-state index in [-0.39, 0.29) is 52.9 Å². The summed E-state index contributed by atoms with van der Waals surface area (Å²) in [5.74, 6) is 0. The van der Waals surface area contributed by atoms with Gasteiger partial charge in [-0.15, -0.1) is 0 Å². The Kier molecular flexibility index (Phi) is 4.86. The minimum absolute atomic E-state index is 0.132. The Hall–Kier alpha value is -6.35. The van der Waals surface area contributed by atoms with Gasteiger partial charge in [-0.25, -0.2) is 0 Å². The third-order valence-corrected chi connectivity index (χ3v) is 11.3. The number of rotatable bonds is 4. The number of fused-ring (bicyclic) bond motifs is 7. The standard InChI is InChI=1S/C50H31NS/c1-3-11-33(12-4-1)38-28-30-47-49-41(38)18-9-19-42(49)44-31-36(26-29-46(44)52-47)32-21-23-35(24-22-32)39-17-10-20-45-48(39)43-27-25-34-13-7-8-16-40(34)50(43)51(45)37-14-5-2-6-15-37/h1-31H/i1D,3D,4D,11D,12D,21D,22D,23D,24D. The van der Waals surface area contributed by atoms with Gasteiger partial charge in [0.15, 0.2) is 0 Å². The highest BCUT2D eigenvalue weighted by Gasteiger charge is 2.22. The summed E-state index contributed by atoms with van der Waals surface area (Å²) in [6, 6.07) is 41.3. The molecule has 242 valence electrons. The van der Waals surface area contributed by atoms with Crippen molar-refractivity contribution in [3.8, 4) is 50.2 Å². The van der Waals surface area contributed by atoms with E-state index in [1.54, 1.807) is 11.8 Å². The molecular weight excluding hydrogens is 647 g/mol. The monoisotopic (exact) mass is 686 g/mol. The van der Waals surface area contributed by atoms with Gasteiger partial charge >= 0.3 is 0 Å². The summed E-state index contributed by atoms with van der Waals surface area (Å²) >= 11 is 1.55. The SMILES string of the molecule is [2H]c1c([2H])c([2H])c(-c2ccc3c4c(cccc24)-c2cc(-c4c([2H])c([2H])c(-c5cccc6c5c5ccc7ccccc7c5n6-c5ccccc5)c([2H])c4[2H])ccc2S3)c([2H])c1[2H]. The molecule has 1 aromatic heterocycles. The van der Waals surface area contributed by atoms with Crippen LogP contribution in [0.4, 0.5) is 0 Å². The normalized spacial score (nSPS) is 14.6. The maximum atomic E-state index is 9.54. The Morgan fingerprint density at radius 2 is 1.15 bits per heavy atom. The Labute approximate surface area is 319 Å². The molecule has 11 rings (SSSR count). The molecule has 0 radical (unpaired) electrons. The number of hydrogen-bond acceptors (Lipinski definition) is 1. The van der Waals surface area contributed by atoms with E-state index in [2.05, 4.69) is 41.0 Å². The van der Waals surface area contributed by atoms with Crippen molar-refractivity contribution < 1.29 is 12.3 Å². The maximum absolute atomic E-state index is 9.54. The number of nitrogens with zero attached hydrogens (tertiary/aromatic N) is 1. The summed E-state index contributed by atoms with van der Waals surface area (Å²) in [6.45, 7) is 0. The Balaban J connectivity index is 1.10. The molecule has 0 unspecified atom stereocenters. The van der Waals surface area contributed by atoms with Crippen LogP contribution in [0.5, 0.6) is 0 Å². The summed E-state index contributed by atoms with van der Waals surface area (Å²) < 4.78 is 82.4. The van der Waals surface area contributed by atoms with Gasteiger partial charge in [-0.3, -0.25) is 0 Å². The lowest BCUT2D eigenvalue weighted by molar-refractivity contribution is 1.19. The maximum Gasteiger partial charge on any atom is 0.0629 e. The minimum atomic E-state index is -0.442. The fraction of sp³-hybridized carbons (Fsp3) is 0. The van der Waals surface area contributed by atoms with Gasteiger partial charge in [0, 0.05) is 37.0 Å². The lowest BCUT2D eigenvalue weighted by atomic mass is 9.91. The van der Waals surface area contributed by atoms with Crippen LogP contribution in [0.1, 0.15) is 12.3 Å². The van der Waals surface area contributed by atoms with Crippen molar-refractivity contribution in [3.05, 3.63) is 188 Å². The number of para-hydroxylation sites is 1. The second kappa shape index (κ2) is 11.6. The number of hydrogen-bond donors (Lipinski definition) is 0. The molecule has 0 amide bonds. The molecule has 1 aliphatic rings. The topological polar surface area (TPSA) is 4.93 Å². The highest BCUT2D eigenvalue weighted by molar-refractivity contribution is 7.99. The summed E-state index contributed by atoms with van der Waals surface area (Å²) in [7, 11) is 0. The number of benzene rings is 9. The predicted octanol–water partition coefficient (Wildman–Crippen LogP) is 14.2. The molecule has 2 heterocycles. The van der Waals surface area contributed by atoms with Crippen molar-refractivity contribution in [2.45, 2.75) is 9.79 Å². The molecule has 1 aliphatic heterocycles. The molecule has 0 saturated carbocycles. The first-order valence-corrected chi connectivity index (χ1v) is 17.9. The van der Waals surface area contributed by atoms with E-state index in [9.17, 15) is 5.48 Å². The molecule has 0 fully saturated rings. The predicted molar refractivity (Wildman–Crippen MR) is 222 cm³/mol. The van der Waals surface area contributed by atoms with Crippen LogP contribution in [-0.2, 0) is 0 Å². The van der Waals surface area contributed by atoms with Crippen LogP contribution >= 0.6 is 11.8 Å². The van der Waals surface area contributed by atoms with Crippen molar-refractivity contribution in [2.24, 2.45) is 0 Å². The molecule has 9 aromatic carbocycles. The zero-order valence-electron chi connectivity index (χ0n) is 36.6. The zero-order chi connectivity index (χ0) is 42.0. The molecule has 0 N–H and O–H groups in total. The van der Waals surface area contributed by atoms with Crippen molar-refractivity contribution >= 4 is 55.1 Å². The van der Waals surface area contributed by atoms with Crippen molar-refractivity contribution in [2.75, 3.05) is 0 Å². The van der Waals surface area contributed by atoms with Crippen LogP contribution in [0, 0.1) is 0 Å². The Morgan fingerprint density at radius 1 is 0.423 bits per heavy atom. The molecular formula is C50H31NS. The molecule has 0 atom stereocenters. The molecule has 52 heavy (non-hydrogen) atoms. The third-order valence-electron chi connectivity index (χ3n) is 10.1. The third kappa shape index (κ3) is 4.45. The summed E-state index contributed by atoms with van der Waals surface area (Å²) in [5.41, 5.74) is 6.82. The van der Waals surface area contributed by atoms with E-state index in [1.807, 2.05) is 97.1 Å². The molecule has 0 bridgehead atoms. The van der Waals surface area contributed by atoms with Crippen LogP contribution in [0.2, 0.25) is 0 Å². The highest BCUT2D eigenvalue weighted by atomic mass is 32.2. The van der Waals surface area contributed by atoms with Gasteiger partial charge in [-0.1, -0.05) is 163 Å². The fourth-order valence-electron chi connectivity index (χ4n) is 7.86. The quantitative estimate of drug-likeness (QED) is 0.178. The average molecular weight is 687 g/mol. The van der Waals surface area contributed by atoms with Gasteiger partial charge in [-0.2, -0.15) is 0 Å². The molecule has 1 nitrogen and oxygen atoms in total. The van der Waals surface area contributed by atoms with Gasteiger partial charge in [0.2, 0.25) is 0 Å². The number of aromatic nitrogens is 1. The van der Waals surface area contributed by atoms with E-state index >= 15 is 0 Å². The average Bonchev–Trinajstić information content (AvgIpc) is 3.64. The first kappa shape index (κ1) is 21.8. The van der Waals surface area contributed by atoms with Gasteiger partial charge in [-0.05, 0) is 91.7 Å². The lowest BCUT2D eigenvalue weighted by Gasteiger charge is -2.22. The van der Waals surface area contributed by atoms with Gasteiger partial charge in [0.25, 0.3) is 0 Å². The van der Waals surface area contributed by atoms with Crippen molar-refractivity contribution in [1.82, 2.24) is 4.57 Å². The van der Waals surface area contributed by atoms with Gasteiger partial charge in [0.05, 0.1) is 23.4 Å². The van der Waals surface area contributed by atoms with E-state index in [1.165, 1.54) is 0 Å². The molecule has 10 aromatic rings. The Bertz CT molecular complexity index is 3500. The highest BCUT2D eigenvalue weighted by Crippen LogP contribution is 2.50. The lowest BCUT2D eigenvalue weighted by Crippen LogP contribution is -1.95. The van der Waals surface area contributed by atoms with Crippen LogP contribution in [0.25, 0.3) is 93.5 Å². The molecule has 2 heteroatoms. The molecule has 0 spiro atoms. The second-order valence-corrected chi connectivity index (χ2v) is 14.0. The van der Waals surface area contributed by atoms with Crippen molar-refractivity contribution in [1.29, 1.82) is 0 Å². The molecule has 0 aliphatic carbocycles. The summed E-state index contributed by atoms with van der Waals surface area (Å²) in [5, 5.41) is 5.55. The smallest absolute Gasteiger partial charge is 0.0629 e. The van der Waals surface area contributed by atoms with E-state index in [0.29, 0.717) is 16.7 Å². The Morgan fingerprint density at radius 3 is 2.04 bits per heavy atom. The molecule has 0 saturated heterocycles. The van der Waals surface area contributed by atoms with E-state index in [0.717, 1.165) is 70.0 Å². The summed E-state index contributed by atoms with van der Waals surface area (Å²) in [4.78, 5) is 1.89.